The van der Waals surface area contributed by atoms with Gasteiger partial charge in [0.1, 0.15) is 11.8 Å². The predicted octanol–water partition coefficient (Wildman–Crippen LogP) is 2.16. The van der Waals surface area contributed by atoms with Crippen molar-refractivity contribution in [1.29, 1.82) is 0 Å². The van der Waals surface area contributed by atoms with Crippen LogP contribution in [0.4, 0.5) is 18.0 Å². The summed E-state index contributed by atoms with van der Waals surface area (Å²) >= 11 is 0.960. The Hall–Kier alpha value is -1.90. The summed E-state index contributed by atoms with van der Waals surface area (Å²) in [6.45, 7) is -0.283. The van der Waals surface area contributed by atoms with Gasteiger partial charge in [0.25, 0.3) is 5.24 Å². The molecule has 0 spiro atoms. The number of hydrogen-bond donors (Lipinski definition) is 2. The molecule has 1 atom stereocenters. The van der Waals surface area contributed by atoms with Gasteiger partial charge in [-0.25, -0.2) is 0 Å². The lowest BCUT2D eigenvalue weighted by molar-refractivity contribution is -0.138. The summed E-state index contributed by atoms with van der Waals surface area (Å²) in [4.78, 5) is 22.8. The summed E-state index contributed by atoms with van der Waals surface area (Å²) in [5.41, 5.74) is -0.935. The van der Waals surface area contributed by atoms with Crippen molar-refractivity contribution in [2.45, 2.75) is 18.8 Å². The second kappa shape index (κ2) is 6.47. The Bertz CT molecular complexity index is 592. The Kier molecular flexibility index (Phi) is 4.84. The first-order valence-corrected chi connectivity index (χ1v) is 7.25. The number of carbonyl (C=O) groups is 2. The first kappa shape index (κ1) is 16.5. The van der Waals surface area contributed by atoms with Gasteiger partial charge in [-0.2, -0.15) is 13.2 Å². The number of halogens is 3. The normalized spacial score (nSPS) is 18.0. The van der Waals surface area contributed by atoms with E-state index >= 15 is 0 Å². The zero-order valence-electron chi connectivity index (χ0n) is 11.5. The number of methoxy groups -OCH3 is 1. The number of alkyl halides is 3. The van der Waals surface area contributed by atoms with Crippen molar-refractivity contribution >= 4 is 22.9 Å². The minimum Gasteiger partial charge on any atom is -0.497 e. The topological polar surface area (TPSA) is 67.4 Å². The van der Waals surface area contributed by atoms with Crippen LogP contribution in [-0.4, -0.2) is 30.1 Å². The Labute approximate surface area is 128 Å². The van der Waals surface area contributed by atoms with Crippen molar-refractivity contribution in [2.75, 3.05) is 12.9 Å². The second-order valence-corrected chi connectivity index (χ2v) is 5.53. The summed E-state index contributed by atoms with van der Waals surface area (Å²) in [5.74, 6) is -0.163. The first-order valence-electron chi connectivity index (χ1n) is 6.26. The smallest absolute Gasteiger partial charge is 0.416 e. The molecule has 1 aromatic rings. The van der Waals surface area contributed by atoms with E-state index in [9.17, 15) is 22.8 Å². The lowest BCUT2D eigenvalue weighted by Crippen LogP contribution is -2.42. The van der Waals surface area contributed by atoms with Crippen molar-refractivity contribution in [1.82, 2.24) is 10.6 Å². The van der Waals surface area contributed by atoms with E-state index in [4.69, 9.17) is 4.74 Å². The van der Waals surface area contributed by atoms with Crippen LogP contribution in [0.15, 0.2) is 18.2 Å². The summed E-state index contributed by atoms with van der Waals surface area (Å²) in [5, 5.41) is 4.51. The number of amides is 2. The summed E-state index contributed by atoms with van der Waals surface area (Å²) in [7, 11) is 1.28. The highest BCUT2D eigenvalue weighted by molar-refractivity contribution is 8.14. The number of benzene rings is 1. The van der Waals surface area contributed by atoms with Gasteiger partial charge in [0.15, 0.2) is 0 Å². The standard InChI is InChI=1S/C13H13F3N2O3S/c1-21-8-3-2-7(9(4-8)13(14,15)16)5-17-11(19)10-6-22-12(20)18-10/h2-4,10H,5-6H2,1H3,(H,17,19)(H,18,20)/t10-/m1/s1. The molecular weight excluding hydrogens is 321 g/mol. The number of hydrogen-bond acceptors (Lipinski definition) is 4. The highest BCUT2D eigenvalue weighted by atomic mass is 32.2. The molecule has 0 unspecified atom stereocenters. The van der Waals surface area contributed by atoms with Crippen LogP contribution in [-0.2, 0) is 17.5 Å². The molecule has 2 N–H and O–H groups in total. The Morgan fingerprint density at radius 2 is 2.23 bits per heavy atom. The number of ether oxygens (including phenoxy) is 1. The molecule has 2 amide bonds. The van der Waals surface area contributed by atoms with Crippen LogP contribution in [0.1, 0.15) is 11.1 Å². The summed E-state index contributed by atoms with van der Waals surface area (Å²) < 4.78 is 43.8. The van der Waals surface area contributed by atoms with E-state index in [0.717, 1.165) is 17.8 Å². The number of rotatable bonds is 4. The van der Waals surface area contributed by atoms with Crippen LogP contribution < -0.4 is 15.4 Å². The van der Waals surface area contributed by atoms with E-state index < -0.39 is 23.7 Å². The van der Waals surface area contributed by atoms with E-state index in [-0.39, 0.29) is 28.8 Å². The lowest BCUT2D eigenvalue weighted by Gasteiger charge is -2.16. The van der Waals surface area contributed by atoms with Crippen molar-refractivity contribution in [2.24, 2.45) is 0 Å². The van der Waals surface area contributed by atoms with Gasteiger partial charge in [-0.3, -0.25) is 9.59 Å². The van der Waals surface area contributed by atoms with Gasteiger partial charge in [0, 0.05) is 12.3 Å². The fraction of sp³-hybridized carbons (Fsp3) is 0.385. The van der Waals surface area contributed by atoms with E-state index in [2.05, 4.69) is 10.6 Å². The molecule has 0 saturated carbocycles. The minimum atomic E-state index is -4.55. The maximum atomic E-state index is 13.0. The largest absolute Gasteiger partial charge is 0.497 e. The van der Waals surface area contributed by atoms with E-state index in [1.807, 2.05) is 0 Å². The lowest BCUT2D eigenvalue weighted by atomic mass is 10.1. The quantitative estimate of drug-likeness (QED) is 0.885. The highest BCUT2D eigenvalue weighted by Crippen LogP contribution is 2.34. The van der Waals surface area contributed by atoms with Gasteiger partial charge in [0.2, 0.25) is 5.91 Å². The van der Waals surface area contributed by atoms with Crippen molar-refractivity contribution in [3.05, 3.63) is 29.3 Å². The summed E-state index contributed by atoms with van der Waals surface area (Å²) in [6.07, 6.45) is -4.55. The molecular formula is C13H13F3N2O3S. The van der Waals surface area contributed by atoms with Gasteiger partial charge in [-0.05, 0) is 17.7 Å². The maximum Gasteiger partial charge on any atom is 0.416 e. The van der Waals surface area contributed by atoms with Crippen LogP contribution >= 0.6 is 11.8 Å². The SMILES string of the molecule is COc1ccc(CNC(=O)[C@H]2CSC(=O)N2)c(C(F)(F)F)c1. The van der Waals surface area contributed by atoms with Crippen LogP contribution in [0.2, 0.25) is 0 Å². The third-order valence-electron chi connectivity index (χ3n) is 3.07. The maximum absolute atomic E-state index is 13.0. The molecule has 1 aromatic carbocycles. The van der Waals surface area contributed by atoms with Crippen LogP contribution in [0.3, 0.4) is 0 Å². The third-order valence-corrected chi connectivity index (χ3v) is 3.95. The van der Waals surface area contributed by atoms with Gasteiger partial charge in [-0.15, -0.1) is 0 Å². The van der Waals surface area contributed by atoms with Crippen molar-refractivity contribution < 1.29 is 27.5 Å². The molecule has 0 bridgehead atoms. The van der Waals surface area contributed by atoms with Crippen molar-refractivity contribution in [3.63, 3.8) is 0 Å². The Morgan fingerprint density at radius 1 is 1.50 bits per heavy atom. The zero-order chi connectivity index (χ0) is 16.3. The number of carbonyl (C=O) groups excluding carboxylic acids is 2. The van der Waals surface area contributed by atoms with Gasteiger partial charge in [0.05, 0.1) is 12.7 Å². The van der Waals surface area contributed by atoms with Gasteiger partial charge in [-0.1, -0.05) is 17.8 Å². The molecule has 2 rings (SSSR count). The van der Waals surface area contributed by atoms with E-state index in [1.54, 1.807) is 0 Å². The van der Waals surface area contributed by atoms with Crippen LogP contribution in [0, 0.1) is 0 Å². The molecule has 0 aliphatic carbocycles. The molecule has 1 heterocycles. The number of nitrogens with one attached hydrogen (secondary N) is 2. The Balaban J connectivity index is 2.09. The average Bonchev–Trinajstić information content (AvgIpc) is 2.90. The fourth-order valence-corrected chi connectivity index (χ4v) is 2.71. The first-order chi connectivity index (χ1) is 10.3. The van der Waals surface area contributed by atoms with Crippen molar-refractivity contribution in [3.8, 4) is 5.75 Å². The summed E-state index contributed by atoms with van der Waals surface area (Å²) in [6, 6.07) is 2.81. The monoisotopic (exact) mass is 334 g/mol. The highest BCUT2D eigenvalue weighted by Gasteiger charge is 2.34. The number of thioether (sulfide) groups is 1. The van der Waals surface area contributed by atoms with Crippen LogP contribution in [0.5, 0.6) is 5.75 Å². The molecule has 1 fully saturated rings. The molecule has 1 aliphatic rings. The molecule has 1 aliphatic heterocycles. The third kappa shape index (κ3) is 3.85. The molecule has 1 saturated heterocycles. The van der Waals surface area contributed by atoms with Gasteiger partial charge >= 0.3 is 6.18 Å². The van der Waals surface area contributed by atoms with E-state index in [0.29, 0.717) is 0 Å². The second-order valence-electron chi connectivity index (χ2n) is 4.53. The fourth-order valence-electron chi connectivity index (χ4n) is 1.93. The van der Waals surface area contributed by atoms with Crippen LogP contribution in [0.25, 0.3) is 0 Å². The molecule has 22 heavy (non-hydrogen) atoms. The molecule has 5 nitrogen and oxygen atoms in total. The predicted molar refractivity (Wildman–Crippen MR) is 74.6 cm³/mol. The Morgan fingerprint density at radius 3 is 2.77 bits per heavy atom. The molecule has 120 valence electrons. The minimum absolute atomic E-state index is 0.0707. The molecule has 9 heteroatoms. The van der Waals surface area contributed by atoms with Gasteiger partial charge < -0.3 is 15.4 Å². The van der Waals surface area contributed by atoms with E-state index in [1.165, 1.54) is 19.2 Å². The molecule has 0 radical (unpaired) electrons. The average molecular weight is 334 g/mol. The zero-order valence-corrected chi connectivity index (χ0v) is 12.3. The molecule has 0 aromatic heterocycles.